The van der Waals surface area contributed by atoms with E-state index < -0.39 is 40.1 Å². The van der Waals surface area contributed by atoms with Gasteiger partial charge in [-0.25, -0.2) is 13.6 Å². The third-order valence-electron chi connectivity index (χ3n) is 7.55. The van der Waals surface area contributed by atoms with Crippen molar-refractivity contribution in [3.63, 3.8) is 0 Å². The Morgan fingerprint density at radius 1 is 1.23 bits per heavy atom. The zero-order chi connectivity index (χ0) is 27.2. The highest BCUT2D eigenvalue weighted by Gasteiger charge is 2.38. The summed E-state index contributed by atoms with van der Waals surface area (Å²) < 4.78 is 32.7. The summed E-state index contributed by atoms with van der Waals surface area (Å²) >= 11 is 0. The van der Waals surface area contributed by atoms with E-state index in [1.165, 1.54) is 4.57 Å². The van der Waals surface area contributed by atoms with Crippen LogP contribution in [0.3, 0.4) is 0 Å². The Labute approximate surface area is 230 Å². The van der Waals surface area contributed by atoms with Crippen molar-refractivity contribution in [2.24, 2.45) is 11.1 Å². The number of hydrogen-bond acceptors (Lipinski definition) is 5. The summed E-state index contributed by atoms with van der Waals surface area (Å²) in [4.78, 5) is 38.5. The summed E-state index contributed by atoms with van der Waals surface area (Å²) in [6, 6.07) is 9.56. The average molecular weight is 561 g/mol. The van der Waals surface area contributed by atoms with Crippen molar-refractivity contribution in [2.75, 3.05) is 24.5 Å². The third-order valence-corrected chi connectivity index (χ3v) is 7.55. The minimum atomic E-state index is -1.43. The SMILES string of the molecule is CC1(CNC(=O)C(N)Cc2ccccc2)CCN(c2c(F)cc3c(=O)c(C(=O)O)cn(C4CC4)c3c2F)C1.Cl. The van der Waals surface area contributed by atoms with Crippen molar-refractivity contribution < 1.29 is 23.5 Å². The number of aromatic nitrogens is 1. The minimum Gasteiger partial charge on any atom is -0.477 e. The van der Waals surface area contributed by atoms with Crippen LogP contribution in [0.1, 0.15) is 48.1 Å². The maximum atomic E-state index is 15.9. The first-order chi connectivity index (χ1) is 18.1. The van der Waals surface area contributed by atoms with Crippen LogP contribution in [-0.2, 0) is 11.2 Å². The Balaban J connectivity index is 0.00000353. The highest BCUT2D eigenvalue weighted by molar-refractivity contribution is 5.94. The predicted octanol–water partition coefficient (Wildman–Crippen LogP) is 3.64. The Morgan fingerprint density at radius 2 is 1.92 bits per heavy atom. The molecule has 0 bridgehead atoms. The molecule has 1 saturated carbocycles. The normalized spacial score (nSPS) is 19.5. The lowest BCUT2D eigenvalue weighted by atomic mass is 9.89. The quantitative estimate of drug-likeness (QED) is 0.387. The van der Waals surface area contributed by atoms with Crippen LogP contribution in [0.15, 0.2) is 47.4 Å². The minimum absolute atomic E-state index is 0. The summed E-state index contributed by atoms with van der Waals surface area (Å²) in [5.74, 6) is -3.52. The van der Waals surface area contributed by atoms with Gasteiger partial charge in [0.15, 0.2) is 5.82 Å². The van der Waals surface area contributed by atoms with Crippen LogP contribution in [0.2, 0.25) is 0 Å². The zero-order valence-corrected chi connectivity index (χ0v) is 22.3. The van der Waals surface area contributed by atoms with Gasteiger partial charge in [-0.05, 0) is 37.3 Å². The van der Waals surface area contributed by atoms with Crippen LogP contribution >= 0.6 is 12.4 Å². The number of nitrogens with one attached hydrogen (secondary N) is 1. The molecule has 2 heterocycles. The van der Waals surface area contributed by atoms with Gasteiger partial charge in [0.05, 0.1) is 16.9 Å². The number of rotatable bonds is 8. The Kier molecular flexibility index (Phi) is 7.99. The molecule has 11 heteroatoms. The molecule has 8 nitrogen and oxygen atoms in total. The van der Waals surface area contributed by atoms with E-state index in [1.807, 2.05) is 37.3 Å². The molecule has 2 atom stereocenters. The molecule has 1 amide bonds. The first-order valence-electron chi connectivity index (χ1n) is 12.7. The van der Waals surface area contributed by atoms with Crippen LogP contribution in [0, 0.1) is 17.0 Å². The molecule has 2 aromatic carbocycles. The number of anilines is 1. The van der Waals surface area contributed by atoms with Gasteiger partial charge in [0.2, 0.25) is 11.3 Å². The summed E-state index contributed by atoms with van der Waals surface area (Å²) in [6.07, 6.45) is 3.58. The van der Waals surface area contributed by atoms with Crippen molar-refractivity contribution in [2.45, 2.75) is 44.7 Å². The van der Waals surface area contributed by atoms with Gasteiger partial charge in [-0.1, -0.05) is 37.3 Å². The number of carbonyl (C=O) groups excluding carboxylic acids is 1. The fourth-order valence-corrected chi connectivity index (χ4v) is 5.27. The van der Waals surface area contributed by atoms with E-state index in [1.54, 1.807) is 4.90 Å². The number of fused-ring (bicyclic) bond motifs is 1. The largest absolute Gasteiger partial charge is 0.477 e. The second-order valence-electron chi connectivity index (χ2n) is 10.7. The van der Waals surface area contributed by atoms with Gasteiger partial charge in [-0.3, -0.25) is 9.59 Å². The number of carboxylic acid groups (broad SMARTS) is 1. The molecule has 2 unspecified atom stereocenters. The monoisotopic (exact) mass is 560 g/mol. The summed E-state index contributed by atoms with van der Waals surface area (Å²) in [6.45, 7) is 2.85. The molecule has 2 aliphatic rings. The lowest BCUT2D eigenvalue weighted by molar-refractivity contribution is -0.122. The number of nitrogens with two attached hydrogens (primary N) is 1. The number of hydrogen-bond donors (Lipinski definition) is 3. The smallest absolute Gasteiger partial charge is 0.341 e. The summed E-state index contributed by atoms with van der Waals surface area (Å²) in [5.41, 5.74) is 4.84. The fraction of sp³-hybridized carbons (Fsp3) is 0.393. The zero-order valence-electron chi connectivity index (χ0n) is 21.5. The summed E-state index contributed by atoms with van der Waals surface area (Å²) in [5, 5.41) is 12.0. The van der Waals surface area contributed by atoms with E-state index >= 15 is 8.78 Å². The molecule has 3 aromatic rings. The molecule has 208 valence electrons. The van der Waals surface area contributed by atoms with Crippen molar-refractivity contribution in [3.8, 4) is 0 Å². The van der Waals surface area contributed by atoms with E-state index in [4.69, 9.17) is 5.73 Å². The van der Waals surface area contributed by atoms with Crippen LogP contribution in [-0.4, -0.2) is 47.2 Å². The van der Waals surface area contributed by atoms with Crippen molar-refractivity contribution in [1.29, 1.82) is 0 Å². The molecule has 2 fully saturated rings. The van der Waals surface area contributed by atoms with Crippen LogP contribution < -0.4 is 21.4 Å². The number of pyridine rings is 1. The second-order valence-corrected chi connectivity index (χ2v) is 10.7. The van der Waals surface area contributed by atoms with Gasteiger partial charge < -0.3 is 25.6 Å². The molecule has 0 spiro atoms. The number of nitrogens with zero attached hydrogens (tertiary/aromatic N) is 2. The average Bonchev–Trinajstić information content (AvgIpc) is 3.65. The maximum absolute atomic E-state index is 15.9. The van der Waals surface area contributed by atoms with E-state index in [2.05, 4.69) is 5.32 Å². The first-order valence-corrected chi connectivity index (χ1v) is 12.7. The Bertz CT molecular complexity index is 1480. The number of carboxylic acids is 1. The van der Waals surface area contributed by atoms with E-state index in [9.17, 15) is 19.5 Å². The third kappa shape index (κ3) is 5.62. The molecule has 4 N–H and O–H groups in total. The van der Waals surface area contributed by atoms with Gasteiger partial charge in [0.1, 0.15) is 17.1 Å². The molecular weight excluding hydrogens is 530 g/mol. The number of amides is 1. The highest BCUT2D eigenvalue weighted by Crippen LogP contribution is 2.41. The lowest BCUT2D eigenvalue weighted by Gasteiger charge is -2.27. The highest BCUT2D eigenvalue weighted by atomic mass is 35.5. The van der Waals surface area contributed by atoms with E-state index in [-0.39, 0.29) is 54.0 Å². The first kappa shape index (κ1) is 28.5. The van der Waals surface area contributed by atoms with Crippen LogP contribution in [0.25, 0.3) is 10.9 Å². The van der Waals surface area contributed by atoms with Crippen molar-refractivity contribution in [1.82, 2.24) is 9.88 Å². The molecule has 39 heavy (non-hydrogen) atoms. The molecule has 1 saturated heterocycles. The standard InChI is InChI=1S/C28H30F2N4O4.ClH/c1-28(14-32-26(36)21(31)11-16-5-3-2-4-6-16)9-10-33(15-28)24-20(29)12-18-23(22(24)30)34(17-7-8-17)13-19(25(18)35)27(37)38;/h2-6,12-13,17,21H,7-11,14-15,31H2,1H3,(H,32,36)(H,37,38);1H. The second kappa shape index (κ2) is 10.9. The van der Waals surface area contributed by atoms with Gasteiger partial charge in [-0.15, -0.1) is 12.4 Å². The predicted molar refractivity (Wildman–Crippen MR) is 147 cm³/mol. The number of carbonyl (C=O) groups is 2. The number of aromatic carboxylic acids is 1. The Morgan fingerprint density at radius 3 is 2.56 bits per heavy atom. The number of halogens is 3. The molecule has 5 rings (SSSR count). The van der Waals surface area contributed by atoms with Crippen molar-refractivity contribution in [3.05, 3.63) is 75.6 Å². The van der Waals surface area contributed by atoms with Crippen LogP contribution in [0.4, 0.5) is 14.5 Å². The molecule has 0 radical (unpaired) electrons. The van der Waals surface area contributed by atoms with Gasteiger partial charge in [0, 0.05) is 37.3 Å². The van der Waals surface area contributed by atoms with E-state index in [0.717, 1.165) is 30.7 Å². The van der Waals surface area contributed by atoms with Gasteiger partial charge in [-0.2, -0.15) is 0 Å². The summed E-state index contributed by atoms with van der Waals surface area (Å²) in [7, 11) is 0. The maximum Gasteiger partial charge on any atom is 0.341 e. The molecule has 1 aromatic heterocycles. The molecular formula is C28H31ClF2N4O4. The van der Waals surface area contributed by atoms with Crippen molar-refractivity contribution >= 4 is 40.9 Å². The lowest BCUT2D eigenvalue weighted by Crippen LogP contribution is -2.46. The van der Waals surface area contributed by atoms with Gasteiger partial charge in [0.25, 0.3) is 0 Å². The Hall–Kier alpha value is -3.50. The fourth-order valence-electron chi connectivity index (χ4n) is 5.27. The van der Waals surface area contributed by atoms with Crippen LogP contribution in [0.5, 0.6) is 0 Å². The molecule has 1 aliphatic carbocycles. The van der Waals surface area contributed by atoms with E-state index in [0.29, 0.717) is 19.4 Å². The topological polar surface area (TPSA) is 118 Å². The number of benzene rings is 2. The molecule has 1 aliphatic heterocycles. The van der Waals surface area contributed by atoms with Gasteiger partial charge >= 0.3 is 5.97 Å².